The Bertz CT molecular complexity index is 190. The first kappa shape index (κ1) is 15.3. The van der Waals surface area contributed by atoms with Gasteiger partial charge < -0.3 is 9.29 Å². The van der Waals surface area contributed by atoms with Crippen molar-refractivity contribution in [2.75, 3.05) is 12.9 Å². The molecule has 1 atom stereocenters. The summed E-state index contributed by atoms with van der Waals surface area (Å²) >= 11 is 0. The molecule has 0 aromatic rings. The molecule has 0 saturated heterocycles. The maximum Gasteiger partial charge on any atom is 1.00 e. The fourth-order valence-electron chi connectivity index (χ4n) is 0.819. The normalized spacial score (nSPS) is 13.6. The molecule has 0 fully saturated rings. The molecule has 0 bridgehead atoms. The van der Waals surface area contributed by atoms with Crippen molar-refractivity contribution < 1.29 is 47.3 Å². The van der Waals surface area contributed by atoms with Crippen LogP contribution in [0.25, 0.3) is 0 Å². The average molecular weight is 204 g/mol. The molecule has 68 valence electrons. The first-order valence-corrected chi connectivity index (χ1v) is 5.03. The number of ether oxygens (including phenoxy) is 1. The molecule has 0 amide bonds. The topological polar surface area (TPSA) is 66.4 Å². The van der Waals surface area contributed by atoms with E-state index in [-0.39, 0.29) is 29.6 Å². The molecule has 0 radical (unpaired) electrons. The smallest absolute Gasteiger partial charge is 0.748 e. The third-order valence-corrected chi connectivity index (χ3v) is 2.11. The third kappa shape index (κ3) is 8.96. The van der Waals surface area contributed by atoms with E-state index in [0.29, 0.717) is 6.42 Å². The monoisotopic (exact) mass is 204 g/mol. The molecule has 12 heavy (non-hydrogen) atoms. The largest absolute Gasteiger partial charge is 1.00 e. The molecule has 4 nitrogen and oxygen atoms in total. The Morgan fingerprint density at radius 2 is 2.00 bits per heavy atom. The van der Waals surface area contributed by atoms with Gasteiger partial charge in [0.05, 0.1) is 22.0 Å². The fraction of sp³-hybridized carbons (Fsp3) is 1.00. The molecule has 0 N–H and O–H groups in total. The van der Waals surface area contributed by atoms with Gasteiger partial charge in [-0.1, -0.05) is 13.3 Å². The maximum atomic E-state index is 10.2. The predicted octanol–water partition coefficient (Wildman–Crippen LogP) is -2.65. The second-order valence-electron chi connectivity index (χ2n) is 2.37. The molecule has 0 aliphatic carbocycles. The molecule has 0 aromatic heterocycles. The van der Waals surface area contributed by atoms with E-state index in [9.17, 15) is 13.0 Å². The minimum Gasteiger partial charge on any atom is -0.748 e. The van der Waals surface area contributed by atoms with Gasteiger partial charge in [-0.25, -0.2) is 8.42 Å². The number of hydrogen-bond donors (Lipinski definition) is 0. The van der Waals surface area contributed by atoms with E-state index in [1.807, 2.05) is 6.92 Å². The molecule has 6 heteroatoms. The SMILES string of the molecule is CCCC(CS(=O)(=O)[O-])OC.[Na+]. The van der Waals surface area contributed by atoms with E-state index in [1.165, 1.54) is 7.11 Å². The first-order valence-electron chi connectivity index (χ1n) is 3.46. The zero-order chi connectivity index (χ0) is 8.91. The predicted molar refractivity (Wildman–Crippen MR) is 40.3 cm³/mol. The Morgan fingerprint density at radius 3 is 2.25 bits per heavy atom. The van der Waals surface area contributed by atoms with Crippen LogP contribution in [0, 0.1) is 0 Å². The Hall–Kier alpha value is 0.870. The number of methoxy groups -OCH3 is 1. The second-order valence-corrected chi connectivity index (χ2v) is 3.82. The van der Waals surface area contributed by atoms with Gasteiger partial charge in [0.1, 0.15) is 0 Å². The van der Waals surface area contributed by atoms with Crippen LogP contribution in [-0.2, 0) is 14.9 Å². The van der Waals surface area contributed by atoms with E-state index in [4.69, 9.17) is 4.74 Å². The molecule has 0 rings (SSSR count). The molecule has 0 saturated carbocycles. The minimum atomic E-state index is -4.13. The molecular weight excluding hydrogens is 191 g/mol. The van der Waals surface area contributed by atoms with Gasteiger partial charge in [-0.05, 0) is 6.42 Å². The van der Waals surface area contributed by atoms with Gasteiger partial charge >= 0.3 is 29.6 Å². The molecular formula is C6H13NaO4S. The van der Waals surface area contributed by atoms with Crippen LogP contribution in [0.2, 0.25) is 0 Å². The molecule has 0 aromatic carbocycles. The summed E-state index contributed by atoms with van der Waals surface area (Å²) in [5.41, 5.74) is 0. The molecule has 0 heterocycles. The Labute approximate surface area is 95.7 Å². The average Bonchev–Trinajstić information content (AvgIpc) is 1.84. The van der Waals surface area contributed by atoms with E-state index < -0.39 is 22.0 Å². The summed E-state index contributed by atoms with van der Waals surface area (Å²) in [6, 6.07) is 0. The molecule has 0 spiro atoms. The Morgan fingerprint density at radius 1 is 1.50 bits per heavy atom. The van der Waals surface area contributed by atoms with Crippen molar-refractivity contribution >= 4 is 10.1 Å². The van der Waals surface area contributed by atoms with E-state index in [1.54, 1.807) is 0 Å². The summed E-state index contributed by atoms with van der Waals surface area (Å²) in [5, 5.41) is 0. The number of hydrogen-bond acceptors (Lipinski definition) is 4. The van der Waals surface area contributed by atoms with Crippen LogP contribution in [-0.4, -0.2) is 31.9 Å². The summed E-state index contributed by atoms with van der Waals surface area (Å²) in [4.78, 5) is 0. The Kier molecular flexibility index (Phi) is 9.32. The van der Waals surface area contributed by atoms with Crippen LogP contribution in [0.5, 0.6) is 0 Å². The van der Waals surface area contributed by atoms with Crippen LogP contribution < -0.4 is 29.6 Å². The van der Waals surface area contributed by atoms with Gasteiger partial charge in [-0.3, -0.25) is 0 Å². The molecule has 1 unspecified atom stereocenters. The molecule has 0 aliphatic rings. The van der Waals surface area contributed by atoms with Crippen molar-refractivity contribution in [3.8, 4) is 0 Å². The van der Waals surface area contributed by atoms with Crippen molar-refractivity contribution in [1.82, 2.24) is 0 Å². The minimum absolute atomic E-state index is 0. The van der Waals surface area contributed by atoms with Crippen molar-refractivity contribution in [3.05, 3.63) is 0 Å². The van der Waals surface area contributed by atoms with Gasteiger partial charge in [0, 0.05) is 7.11 Å². The van der Waals surface area contributed by atoms with E-state index in [2.05, 4.69) is 0 Å². The second kappa shape index (κ2) is 7.29. The van der Waals surface area contributed by atoms with Gasteiger partial charge in [0.15, 0.2) is 0 Å². The summed E-state index contributed by atoms with van der Waals surface area (Å²) in [6.07, 6.45) is 0.980. The van der Waals surface area contributed by atoms with Crippen LogP contribution in [0.3, 0.4) is 0 Å². The maximum absolute atomic E-state index is 10.2. The van der Waals surface area contributed by atoms with Crippen molar-refractivity contribution in [1.29, 1.82) is 0 Å². The van der Waals surface area contributed by atoms with Gasteiger partial charge in [-0.2, -0.15) is 0 Å². The zero-order valence-electron chi connectivity index (χ0n) is 7.74. The van der Waals surface area contributed by atoms with Crippen LogP contribution >= 0.6 is 0 Å². The van der Waals surface area contributed by atoms with Gasteiger partial charge in [0.2, 0.25) is 0 Å². The van der Waals surface area contributed by atoms with Crippen molar-refractivity contribution in [2.45, 2.75) is 25.9 Å². The van der Waals surface area contributed by atoms with Crippen molar-refractivity contribution in [3.63, 3.8) is 0 Å². The molecule has 0 aliphatic heterocycles. The van der Waals surface area contributed by atoms with E-state index in [0.717, 1.165) is 6.42 Å². The summed E-state index contributed by atoms with van der Waals surface area (Å²) in [6.45, 7) is 1.91. The van der Waals surface area contributed by atoms with Crippen molar-refractivity contribution in [2.24, 2.45) is 0 Å². The fourth-order valence-corrected chi connectivity index (χ4v) is 1.58. The third-order valence-electron chi connectivity index (χ3n) is 1.33. The quantitative estimate of drug-likeness (QED) is 0.362. The van der Waals surface area contributed by atoms with E-state index >= 15 is 0 Å². The summed E-state index contributed by atoms with van der Waals surface area (Å²) in [7, 11) is -2.72. The Balaban J connectivity index is 0. The van der Waals surface area contributed by atoms with Crippen LogP contribution in [0.15, 0.2) is 0 Å². The van der Waals surface area contributed by atoms with Crippen LogP contribution in [0.1, 0.15) is 19.8 Å². The van der Waals surface area contributed by atoms with Gasteiger partial charge in [0.25, 0.3) is 0 Å². The standard InChI is InChI=1S/C6H14O4S.Na/c1-3-4-6(10-2)5-11(7,8)9;/h6H,3-5H2,1-2H3,(H,7,8,9);/q;+1/p-1. The van der Waals surface area contributed by atoms with Crippen LogP contribution in [0.4, 0.5) is 0 Å². The summed E-state index contributed by atoms with van der Waals surface area (Å²) < 4.78 is 35.5. The first-order chi connectivity index (χ1) is 4.99. The number of rotatable bonds is 5. The zero-order valence-corrected chi connectivity index (χ0v) is 10.6. The summed E-state index contributed by atoms with van der Waals surface area (Å²) in [5.74, 6) is -0.419. The van der Waals surface area contributed by atoms with Gasteiger partial charge in [-0.15, -0.1) is 0 Å².